The molecule has 4 aromatic rings. The van der Waals surface area contributed by atoms with Gasteiger partial charge in [-0.15, -0.1) is 11.3 Å². The summed E-state index contributed by atoms with van der Waals surface area (Å²) in [5, 5.41) is 4.13. The number of aryl methyl sites for hydroxylation is 1. The van der Waals surface area contributed by atoms with E-state index in [2.05, 4.69) is 27.5 Å². The quantitative estimate of drug-likeness (QED) is 0.425. The molecule has 0 spiro atoms. The van der Waals surface area contributed by atoms with Gasteiger partial charge in [0.15, 0.2) is 0 Å². The van der Waals surface area contributed by atoms with E-state index in [1.807, 2.05) is 37.3 Å². The zero-order chi connectivity index (χ0) is 20.8. The first-order chi connectivity index (χ1) is 14.6. The van der Waals surface area contributed by atoms with Crippen molar-refractivity contribution < 1.29 is 14.3 Å². The summed E-state index contributed by atoms with van der Waals surface area (Å²) in [5.41, 5.74) is 3.42. The lowest BCUT2D eigenvalue weighted by Gasteiger charge is -2.15. The van der Waals surface area contributed by atoms with E-state index < -0.39 is 0 Å². The average Bonchev–Trinajstić information content (AvgIpc) is 3.49. The fraction of sp³-hybridized carbons (Fsp3) is 0.304. The van der Waals surface area contributed by atoms with Gasteiger partial charge in [0.25, 0.3) is 0 Å². The van der Waals surface area contributed by atoms with E-state index in [0.717, 1.165) is 44.6 Å². The summed E-state index contributed by atoms with van der Waals surface area (Å²) in [4.78, 5) is 28.4. The molecule has 0 atom stereocenters. The minimum Gasteiger partial charge on any atom is -0.448 e. The van der Waals surface area contributed by atoms with Crippen molar-refractivity contribution in [3.05, 3.63) is 58.7 Å². The Hall–Kier alpha value is -3.06. The number of ketones is 1. The van der Waals surface area contributed by atoms with Crippen LogP contribution in [0, 0.1) is 6.92 Å². The number of aromatic nitrogens is 2. The van der Waals surface area contributed by atoms with Crippen LogP contribution in [-0.2, 0) is 17.8 Å². The van der Waals surface area contributed by atoms with Crippen molar-refractivity contribution in [3.8, 4) is 0 Å². The number of rotatable bonds is 6. The highest BCUT2D eigenvalue weighted by Crippen LogP contribution is 2.31. The molecule has 5 rings (SSSR count). The molecule has 1 aliphatic rings. The van der Waals surface area contributed by atoms with Crippen molar-refractivity contribution in [1.29, 1.82) is 0 Å². The van der Waals surface area contributed by atoms with Gasteiger partial charge in [0.05, 0.1) is 17.8 Å². The van der Waals surface area contributed by atoms with E-state index in [4.69, 9.17) is 4.74 Å². The minimum atomic E-state index is -0.263. The van der Waals surface area contributed by atoms with E-state index in [1.165, 1.54) is 0 Å². The molecule has 0 aliphatic carbocycles. The molecular formula is C23H23N3O3S. The van der Waals surface area contributed by atoms with Crippen LogP contribution in [0.2, 0.25) is 0 Å². The highest BCUT2D eigenvalue weighted by Gasteiger charge is 2.26. The van der Waals surface area contributed by atoms with E-state index in [-0.39, 0.29) is 11.9 Å². The second-order valence-electron chi connectivity index (χ2n) is 7.51. The lowest BCUT2D eigenvalue weighted by molar-refractivity contribution is 0.103. The Labute approximate surface area is 178 Å². The lowest BCUT2D eigenvalue weighted by atomic mass is 10.0. The molecule has 1 amide bonds. The van der Waals surface area contributed by atoms with Crippen LogP contribution in [0.4, 0.5) is 4.79 Å². The maximum absolute atomic E-state index is 13.7. The van der Waals surface area contributed by atoms with Crippen molar-refractivity contribution in [2.24, 2.45) is 0 Å². The smallest absolute Gasteiger partial charge is 0.410 e. The molecule has 1 fully saturated rings. The highest BCUT2D eigenvalue weighted by molar-refractivity contribution is 7.16. The van der Waals surface area contributed by atoms with Crippen molar-refractivity contribution in [2.45, 2.75) is 26.9 Å². The van der Waals surface area contributed by atoms with Crippen LogP contribution < -0.4 is 0 Å². The van der Waals surface area contributed by atoms with Gasteiger partial charge in [-0.1, -0.05) is 18.2 Å². The third kappa shape index (κ3) is 2.84. The third-order valence-corrected chi connectivity index (χ3v) is 6.90. The first kappa shape index (κ1) is 18.9. The predicted octanol–water partition coefficient (Wildman–Crippen LogP) is 4.67. The number of cyclic esters (lactones) is 1. The summed E-state index contributed by atoms with van der Waals surface area (Å²) in [5.74, 6) is 0.0493. The SMILES string of the molecule is CCn1c(C(=O)c2c(C)n(CCN3CCOC3=O)c3ccccc23)cc2ccsc21. The summed E-state index contributed by atoms with van der Waals surface area (Å²) in [7, 11) is 0. The van der Waals surface area contributed by atoms with Gasteiger partial charge in [-0.05, 0) is 37.4 Å². The Morgan fingerprint density at radius 3 is 2.77 bits per heavy atom. The van der Waals surface area contributed by atoms with Crippen molar-refractivity contribution in [1.82, 2.24) is 14.0 Å². The molecule has 6 nitrogen and oxygen atoms in total. The molecule has 0 bridgehead atoms. The van der Waals surface area contributed by atoms with Gasteiger partial charge in [-0.3, -0.25) is 4.79 Å². The van der Waals surface area contributed by atoms with Gasteiger partial charge >= 0.3 is 6.09 Å². The largest absolute Gasteiger partial charge is 0.448 e. The number of fused-ring (bicyclic) bond motifs is 2. The Morgan fingerprint density at radius 1 is 1.17 bits per heavy atom. The first-order valence-electron chi connectivity index (χ1n) is 10.2. The van der Waals surface area contributed by atoms with Crippen LogP contribution in [0.25, 0.3) is 21.1 Å². The van der Waals surface area contributed by atoms with Gasteiger partial charge in [0.1, 0.15) is 11.4 Å². The third-order valence-electron chi connectivity index (χ3n) is 5.95. The number of hydrogen-bond donors (Lipinski definition) is 0. The van der Waals surface area contributed by atoms with Crippen molar-refractivity contribution in [2.75, 3.05) is 19.7 Å². The monoisotopic (exact) mass is 421 g/mol. The molecule has 1 saturated heterocycles. The molecule has 0 unspecified atom stereocenters. The number of thiophene rings is 1. The van der Waals surface area contributed by atoms with Crippen molar-refractivity contribution in [3.63, 3.8) is 0 Å². The molecule has 0 saturated carbocycles. The zero-order valence-electron chi connectivity index (χ0n) is 17.1. The number of carbonyl (C=O) groups excluding carboxylic acids is 2. The maximum Gasteiger partial charge on any atom is 0.410 e. The Balaban J connectivity index is 1.58. The van der Waals surface area contributed by atoms with Crippen LogP contribution in [0.15, 0.2) is 41.8 Å². The van der Waals surface area contributed by atoms with Gasteiger partial charge in [0.2, 0.25) is 5.78 Å². The Kier molecular flexibility index (Phi) is 4.62. The number of nitrogens with zero attached hydrogens (tertiary/aromatic N) is 3. The molecule has 1 aromatic carbocycles. The normalized spacial score (nSPS) is 14.2. The van der Waals surface area contributed by atoms with Crippen LogP contribution >= 0.6 is 11.3 Å². The molecule has 7 heteroatoms. The van der Waals surface area contributed by atoms with Gasteiger partial charge in [0, 0.05) is 41.6 Å². The van der Waals surface area contributed by atoms with Crippen LogP contribution in [-0.4, -0.2) is 45.6 Å². The second-order valence-corrected chi connectivity index (χ2v) is 8.41. The number of benzene rings is 1. The van der Waals surface area contributed by atoms with Gasteiger partial charge in [-0.25, -0.2) is 4.79 Å². The topological polar surface area (TPSA) is 56.5 Å². The fourth-order valence-electron chi connectivity index (χ4n) is 4.46. The molecule has 0 radical (unpaired) electrons. The molecular weight excluding hydrogens is 398 g/mol. The number of amides is 1. The lowest BCUT2D eigenvalue weighted by Crippen LogP contribution is -2.28. The summed E-state index contributed by atoms with van der Waals surface area (Å²) in [6, 6.07) is 12.1. The Bertz CT molecular complexity index is 1280. The average molecular weight is 422 g/mol. The number of para-hydroxylation sites is 1. The fourth-order valence-corrected chi connectivity index (χ4v) is 5.42. The van der Waals surface area contributed by atoms with E-state index in [9.17, 15) is 9.59 Å². The van der Waals surface area contributed by atoms with Gasteiger partial charge in [-0.2, -0.15) is 0 Å². The van der Waals surface area contributed by atoms with Crippen molar-refractivity contribution >= 4 is 44.3 Å². The molecule has 4 heterocycles. The van der Waals surface area contributed by atoms with Crippen LogP contribution in [0.3, 0.4) is 0 Å². The highest BCUT2D eigenvalue weighted by atomic mass is 32.1. The molecule has 3 aromatic heterocycles. The molecule has 0 N–H and O–H groups in total. The predicted molar refractivity (Wildman–Crippen MR) is 119 cm³/mol. The minimum absolute atomic E-state index is 0.0493. The molecule has 30 heavy (non-hydrogen) atoms. The number of carbonyl (C=O) groups is 2. The van der Waals surface area contributed by atoms with Gasteiger partial charge < -0.3 is 18.8 Å². The second kappa shape index (κ2) is 7.32. The molecule has 1 aliphatic heterocycles. The summed E-state index contributed by atoms with van der Waals surface area (Å²) in [6.45, 7) is 7.06. The van der Waals surface area contributed by atoms with E-state index >= 15 is 0 Å². The summed E-state index contributed by atoms with van der Waals surface area (Å²) < 4.78 is 9.30. The number of hydrogen-bond acceptors (Lipinski definition) is 4. The maximum atomic E-state index is 13.7. The van der Waals surface area contributed by atoms with E-state index in [0.29, 0.717) is 26.2 Å². The molecule has 154 valence electrons. The number of ether oxygens (including phenoxy) is 1. The van der Waals surface area contributed by atoms with Crippen LogP contribution in [0.5, 0.6) is 0 Å². The summed E-state index contributed by atoms with van der Waals surface area (Å²) in [6.07, 6.45) is -0.263. The standard InChI is InChI=1S/C23H23N3O3S/c1-3-25-19(14-16-8-13-30-22(16)25)21(27)20-15(2)26(18-7-5-4-6-17(18)20)10-9-24-11-12-29-23(24)28/h4-8,13-14H,3,9-12H2,1-2H3. The Morgan fingerprint density at radius 2 is 2.00 bits per heavy atom. The summed E-state index contributed by atoms with van der Waals surface area (Å²) >= 11 is 1.66. The zero-order valence-corrected chi connectivity index (χ0v) is 17.9. The van der Waals surface area contributed by atoms with Crippen LogP contribution in [0.1, 0.15) is 28.7 Å². The van der Waals surface area contributed by atoms with E-state index in [1.54, 1.807) is 16.2 Å². The first-order valence-corrected chi connectivity index (χ1v) is 11.1.